The van der Waals surface area contributed by atoms with Gasteiger partial charge in [0.1, 0.15) is 4.32 Å². The minimum atomic E-state index is -0.115. The highest BCUT2D eigenvalue weighted by Crippen LogP contribution is 2.31. The summed E-state index contributed by atoms with van der Waals surface area (Å²) >= 11 is 6.35. The van der Waals surface area contributed by atoms with E-state index in [0.29, 0.717) is 9.23 Å². The van der Waals surface area contributed by atoms with E-state index in [1.54, 1.807) is 0 Å². The molecule has 1 aromatic heterocycles. The highest BCUT2D eigenvalue weighted by atomic mass is 32.2. The molecule has 1 fully saturated rings. The number of nitrogens with zero attached hydrogens (tertiary/aromatic N) is 1. The zero-order valence-electron chi connectivity index (χ0n) is 12.5. The number of thioether (sulfide) groups is 1. The van der Waals surface area contributed by atoms with Crippen molar-refractivity contribution in [3.63, 3.8) is 0 Å². The van der Waals surface area contributed by atoms with Gasteiger partial charge in [-0.1, -0.05) is 48.2 Å². The number of hydrogen-bond acceptors (Lipinski definition) is 3. The van der Waals surface area contributed by atoms with Crippen molar-refractivity contribution in [1.29, 1.82) is 0 Å². The third-order valence-corrected chi connectivity index (χ3v) is 5.22. The Bertz CT molecular complexity index is 1000. The van der Waals surface area contributed by atoms with Crippen LogP contribution in [-0.4, -0.2) is 14.8 Å². The van der Waals surface area contributed by atoms with Crippen LogP contribution in [-0.2, 0) is 11.3 Å². The molecule has 1 N–H and O–H groups in total. The Morgan fingerprint density at radius 3 is 2.70 bits per heavy atom. The van der Waals surface area contributed by atoms with Crippen molar-refractivity contribution >= 4 is 62.1 Å². The summed E-state index contributed by atoms with van der Waals surface area (Å²) in [6.45, 7) is 3.08. The smallest absolute Gasteiger partial charge is 0.263 e. The first-order valence-electron chi connectivity index (χ1n) is 7.43. The Morgan fingerprint density at radius 1 is 1.17 bits per heavy atom. The highest BCUT2D eigenvalue weighted by Gasteiger charge is 2.22. The maximum Gasteiger partial charge on any atom is 0.263 e. The van der Waals surface area contributed by atoms with Gasteiger partial charge < -0.3 is 9.88 Å². The van der Waals surface area contributed by atoms with Gasteiger partial charge in [0.05, 0.1) is 4.91 Å². The molecule has 4 rings (SSSR count). The van der Waals surface area contributed by atoms with Crippen molar-refractivity contribution in [3.05, 3.63) is 52.9 Å². The molecule has 0 bridgehead atoms. The van der Waals surface area contributed by atoms with Gasteiger partial charge in [-0.3, -0.25) is 4.79 Å². The standard InChI is InChI=1S/C18H14N2OS2/c1-2-20-14-6-4-3-5-12(14)13-9-11(7-8-15(13)20)10-16-17(21)19-18(22)23-16/h3-10H,2H2,1H3,(H,19,21,22)/b16-10-. The number of carbonyl (C=O) groups is 1. The molecular formula is C18H14N2OS2. The Hall–Kier alpha value is -2.11. The van der Waals surface area contributed by atoms with Crippen molar-refractivity contribution in [3.8, 4) is 0 Å². The molecule has 1 saturated heterocycles. The number of rotatable bonds is 2. The van der Waals surface area contributed by atoms with Gasteiger partial charge in [0.25, 0.3) is 5.91 Å². The number of aromatic nitrogens is 1. The Labute approximate surface area is 143 Å². The molecule has 0 radical (unpaired) electrons. The Morgan fingerprint density at radius 2 is 1.96 bits per heavy atom. The van der Waals surface area contributed by atoms with Crippen molar-refractivity contribution in [1.82, 2.24) is 9.88 Å². The summed E-state index contributed by atoms with van der Waals surface area (Å²) in [4.78, 5) is 12.5. The van der Waals surface area contributed by atoms with E-state index < -0.39 is 0 Å². The number of para-hydroxylation sites is 1. The van der Waals surface area contributed by atoms with Gasteiger partial charge in [0, 0.05) is 28.4 Å². The number of benzene rings is 2. The molecule has 0 atom stereocenters. The van der Waals surface area contributed by atoms with Gasteiger partial charge in [-0.2, -0.15) is 0 Å². The summed E-state index contributed by atoms with van der Waals surface area (Å²) < 4.78 is 2.83. The van der Waals surface area contributed by atoms with Gasteiger partial charge in [0.2, 0.25) is 0 Å². The summed E-state index contributed by atoms with van der Waals surface area (Å²) in [5, 5.41) is 5.10. The normalized spacial score (nSPS) is 16.7. The average molecular weight is 338 g/mol. The first kappa shape index (κ1) is 14.5. The second kappa shape index (κ2) is 5.51. The summed E-state index contributed by atoms with van der Waals surface area (Å²) in [5.41, 5.74) is 3.47. The maximum atomic E-state index is 11.8. The molecule has 0 aliphatic carbocycles. The SMILES string of the molecule is CCn1c2ccccc2c2cc(/C=C3\SC(=S)NC3=O)ccc21. The second-order valence-electron chi connectivity index (χ2n) is 5.39. The van der Waals surface area contributed by atoms with Crippen LogP contribution in [0.1, 0.15) is 12.5 Å². The molecule has 5 heteroatoms. The van der Waals surface area contributed by atoms with Crippen LogP contribution in [0.4, 0.5) is 0 Å². The zero-order chi connectivity index (χ0) is 16.0. The van der Waals surface area contributed by atoms with Gasteiger partial charge in [-0.25, -0.2) is 0 Å². The van der Waals surface area contributed by atoms with E-state index in [9.17, 15) is 4.79 Å². The van der Waals surface area contributed by atoms with Crippen LogP contribution < -0.4 is 5.32 Å². The largest absolute Gasteiger partial charge is 0.341 e. The molecule has 3 aromatic rings. The van der Waals surface area contributed by atoms with E-state index in [4.69, 9.17) is 12.2 Å². The number of thiocarbonyl (C=S) groups is 1. The lowest BCUT2D eigenvalue weighted by atomic mass is 10.1. The number of fused-ring (bicyclic) bond motifs is 3. The molecule has 3 nitrogen and oxygen atoms in total. The molecular weight excluding hydrogens is 324 g/mol. The summed E-state index contributed by atoms with van der Waals surface area (Å²) in [7, 11) is 0. The first-order valence-corrected chi connectivity index (χ1v) is 8.65. The van der Waals surface area contributed by atoms with Gasteiger partial charge in [-0.15, -0.1) is 0 Å². The molecule has 114 valence electrons. The van der Waals surface area contributed by atoms with Gasteiger partial charge in [-0.05, 0) is 36.8 Å². The lowest BCUT2D eigenvalue weighted by Crippen LogP contribution is -2.17. The van der Waals surface area contributed by atoms with Crippen molar-refractivity contribution in [2.75, 3.05) is 0 Å². The fraction of sp³-hybridized carbons (Fsp3) is 0.111. The number of carbonyl (C=O) groups excluding carboxylic acids is 1. The molecule has 23 heavy (non-hydrogen) atoms. The average Bonchev–Trinajstić information content (AvgIpc) is 3.04. The Balaban J connectivity index is 1.92. The van der Waals surface area contributed by atoms with Crippen LogP contribution in [0.2, 0.25) is 0 Å². The summed E-state index contributed by atoms with van der Waals surface area (Å²) in [5.74, 6) is -0.115. The third-order valence-electron chi connectivity index (χ3n) is 4.05. The van der Waals surface area contributed by atoms with Crippen LogP contribution >= 0.6 is 24.0 Å². The lowest BCUT2D eigenvalue weighted by molar-refractivity contribution is -0.115. The highest BCUT2D eigenvalue weighted by molar-refractivity contribution is 8.26. The summed E-state index contributed by atoms with van der Waals surface area (Å²) in [6, 6.07) is 14.7. The quantitative estimate of drug-likeness (QED) is 0.559. The molecule has 0 spiro atoms. The van der Waals surface area contributed by atoms with Crippen LogP contribution in [0, 0.1) is 0 Å². The molecule has 1 aliphatic heterocycles. The van der Waals surface area contributed by atoms with Crippen LogP contribution in [0.3, 0.4) is 0 Å². The van der Waals surface area contributed by atoms with Crippen molar-refractivity contribution < 1.29 is 4.79 Å². The fourth-order valence-corrected chi connectivity index (χ4v) is 4.12. The van der Waals surface area contributed by atoms with Crippen LogP contribution in [0.25, 0.3) is 27.9 Å². The molecule has 1 aliphatic rings. The molecule has 1 amide bonds. The van der Waals surface area contributed by atoms with E-state index in [1.165, 1.54) is 33.6 Å². The Kier molecular flexibility index (Phi) is 3.47. The van der Waals surface area contributed by atoms with E-state index in [-0.39, 0.29) is 5.91 Å². The fourth-order valence-electron chi connectivity index (χ4n) is 3.07. The summed E-state index contributed by atoms with van der Waals surface area (Å²) in [6.07, 6.45) is 1.90. The number of hydrogen-bond donors (Lipinski definition) is 1. The molecule has 0 unspecified atom stereocenters. The molecule has 0 saturated carbocycles. The topological polar surface area (TPSA) is 34.0 Å². The predicted molar refractivity (Wildman–Crippen MR) is 101 cm³/mol. The van der Waals surface area contributed by atoms with Crippen LogP contribution in [0.5, 0.6) is 0 Å². The monoisotopic (exact) mass is 338 g/mol. The number of amides is 1. The van der Waals surface area contributed by atoms with Crippen molar-refractivity contribution in [2.45, 2.75) is 13.5 Å². The first-order chi connectivity index (χ1) is 11.2. The zero-order valence-corrected chi connectivity index (χ0v) is 14.1. The van der Waals surface area contributed by atoms with E-state index in [2.05, 4.69) is 59.3 Å². The van der Waals surface area contributed by atoms with Gasteiger partial charge >= 0.3 is 0 Å². The molecule has 2 aromatic carbocycles. The van der Waals surface area contributed by atoms with Gasteiger partial charge in [0.15, 0.2) is 0 Å². The van der Waals surface area contributed by atoms with Crippen LogP contribution in [0.15, 0.2) is 47.4 Å². The van der Waals surface area contributed by atoms with E-state index in [1.807, 2.05) is 6.08 Å². The number of aryl methyl sites for hydroxylation is 1. The maximum absolute atomic E-state index is 11.8. The minimum absolute atomic E-state index is 0.115. The van der Waals surface area contributed by atoms with E-state index in [0.717, 1.165) is 12.1 Å². The van der Waals surface area contributed by atoms with E-state index >= 15 is 0 Å². The molecule has 2 heterocycles. The predicted octanol–water partition coefficient (Wildman–Crippen LogP) is 4.30. The lowest BCUT2D eigenvalue weighted by Gasteiger charge is -2.03. The third kappa shape index (κ3) is 2.36. The number of nitrogens with one attached hydrogen (secondary N) is 1. The second-order valence-corrected chi connectivity index (χ2v) is 7.11. The minimum Gasteiger partial charge on any atom is -0.341 e. The van der Waals surface area contributed by atoms with Crippen molar-refractivity contribution in [2.24, 2.45) is 0 Å².